The second-order valence-electron chi connectivity index (χ2n) is 9.61. The van der Waals surface area contributed by atoms with E-state index in [1.807, 2.05) is 25.1 Å². The zero-order valence-corrected chi connectivity index (χ0v) is 19.6. The Hall–Kier alpha value is -2.49. The van der Waals surface area contributed by atoms with Gasteiger partial charge in [-0.15, -0.1) is 11.3 Å². The summed E-state index contributed by atoms with van der Waals surface area (Å²) in [7, 11) is 0. The zero-order valence-electron chi connectivity index (χ0n) is 18.8. The Morgan fingerprint density at radius 2 is 2.00 bits per heavy atom. The third-order valence-corrected chi connectivity index (χ3v) is 8.64. The molecule has 4 N–H and O–H groups in total. The summed E-state index contributed by atoms with van der Waals surface area (Å²) in [5.74, 6) is -1.16. The van der Waals surface area contributed by atoms with Gasteiger partial charge < -0.3 is 20.1 Å². The number of carboxylic acid groups (broad SMARTS) is 1. The largest absolute Gasteiger partial charge is 0.484 e. The van der Waals surface area contributed by atoms with E-state index in [1.54, 1.807) is 12.1 Å². The van der Waals surface area contributed by atoms with Gasteiger partial charge in [-0.25, -0.2) is 4.98 Å². The minimum atomic E-state index is -0.917. The molecule has 0 aliphatic heterocycles. The van der Waals surface area contributed by atoms with Crippen LogP contribution in [0.4, 0.5) is 5.13 Å². The first-order valence-corrected chi connectivity index (χ1v) is 12.0. The van der Waals surface area contributed by atoms with E-state index < -0.39 is 22.9 Å². The lowest BCUT2D eigenvalue weighted by Crippen LogP contribution is -2.57. The summed E-state index contributed by atoms with van der Waals surface area (Å²) >= 11 is 1.33. The van der Waals surface area contributed by atoms with E-state index in [0.29, 0.717) is 35.8 Å². The summed E-state index contributed by atoms with van der Waals surface area (Å²) in [5.41, 5.74) is -0.469. The number of carbonyl (C=O) groups excluding carboxylic acids is 1. The number of anilines is 1. The van der Waals surface area contributed by atoms with Gasteiger partial charge in [0.1, 0.15) is 5.75 Å². The molecule has 2 aliphatic carbocycles. The van der Waals surface area contributed by atoms with Gasteiger partial charge in [0.15, 0.2) is 11.7 Å². The van der Waals surface area contributed by atoms with Crippen LogP contribution in [0.15, 0.2) is 30.3 Å². The molecule has 0 bridgehead atoms. The smallest absolute Gasteiger partial charge is 0.304 e. The number of thiazole rings is 1. The first-order chi connectivity index (χ1) is 15.7. The second kappa shape index (κ2) is 9.04. The molecule has 1 saturated carbocycles. The number of aliphatic hydroxyl groups excluding tert-OH is 2. The van der Waals surface area contributed by atoms with Gasteiger partial charge in [-0.1, -0.05) is 32.0 Å². The maximum atomic E-state index is 12.4. The summed E-state index contributed by atoms with van der Waals surface area (Å²) in [5, 5.41) is 33.8. The molecule has 0 spiro atoms. The summed E-state index contributed by atoms with van der Waals surface area (Å²) in [6.45, 7) is 3.59. The Kier molecular flexibility index (Phi) is 6.48. The Bertz CT molecular complexity index is 1030. The number of hydrogen-bond acceptors (Lipinski definition) is 7. The molecule has 4 rings (SSSR count). The van der Waals surface area contributed by atoms with E-state index in [4.69, 9.17) is 4.74 Å². The molecular weight excluding hydrogens is 444 g/mol. The van der Waals surface area contributed by atoms with Crippen LogP contribution in [0.5, 0.6) is 5.75 Å². The van der Waals surface area contributed by atoms with E-state index >= 15 is 0 Å². The molecule has 33 heavy (non-hydrogen) atoms. The van der Waals surface area contributed by atoms with Crippen molar-refractivity contribution < 1.29 is 29.6 Å². The summed E-state index contributed by atoms with van der Waals surface area (Å²) in [4.78, 5) is 29.8. The molecule has 9 heteroatoms. The van der Waals surface area contributed by atoms with Crippen molar-refractivity contribution in [1.82, 2.24) is 4.98 Å². The third kappa shape index (κ3) is 4.37. The Morgan fingerprint density at radius 3 is 2.67 bits per heavy atom. The highest BCUT2D eigenvalue weighted by Crippen LogP contribution is 2.62. The topological polar surface area (TPSA) is 129 Å². The molecule has 1 aromatic carbocycles. The molecule has 1 aromatic heterocycles. The fourth-order valence-electron chi connectivity index (χ4n) is 5.69. The molecule has 5 unspecified atom stereocenters. The van der Waals surface area contributed by atoms with Crippen LogP contribution < -0.4 is 10.1 Å². The normalized spacial score (nSPS) is 30.7. The van der Waals surface area contributed by atoms with Crippen molar-refractivity contribution in [3.8, 4) is 5.75 Å². The van der Waals surface area contributed by atoms with Crippen molar-refractivity contribution in [3.63, 3.8) is 0 Å². The lowest BCUT2D eigenvalue weighted by molar-refractivity contribution is -0.150. The number of aromatic nitrogens is 1. The van der Waals surface area contributed by atoms with Crippen molar-refractivity contribution >= 4 is 28.3 Å². The van der Waals surface area contributed by atoms with E-state index in [9.17, 15) is 24.9 Å². The highest BCUT2D eigenvalue weighted by molar-refractivity contribution is 7.15. The van der Waals surface area contributed by atoms with Crippen LogP contribution in [0, 0.1) is 16.7 Å². The zero-order chi connectivity index (χ0) is 23.8. The van der Waals surface area contributed by atoms with E-state index in [2.05, 4.69) is 17.2 Å². The molecule has 0 radical (unpaired) electrons. The van der Waals surface area contributed by atoms with Crippen LogP contribution >= 0.6 is 11.3 Å². The van der Waals surface area contributed by atoms with Crippen molar-refractivity contribution in [2.45, 2.75) is 51.6 Å². The molecule has 8 nitrogen and oxygen atoms in total. The number of amides is 1. The molecule has 1 amide bonds. The predicted molar refractivity (Wildman–Crippen MR) is 123 cm³/mol. The monoisotopic (exact) mass is 474 g/mol. The average molecular weight is 475 g/mol. The minimum Gasteiger partial charge on any atom is -0.484 e. The number of ether oxygens (including phenoxy) is 1. The van der Waals surface area contributed by atoms with Gasteiger partial charge >= 0.3 is 5.97 Å². The van der Waals surface area contributed by atoms with Gasteiger partial charge in [-0.2, -0.15) is 0 Å². The third-order valence-electron chi connectivity index (χ3n) is 7.63. The molecule has 1 heterocycles. The number of para-hydroxylation sites is 1. The number of aliphatic carboxylic acids is 1. The Labute approximate surface area is 196 Å². The number of fused-ring (bicyclic) bond motifs is 2. The van der Waals surface area contributed by atoms with Crippen LogP contribution in [0.1, 0.15) is 49.6 Å². The molecule has 1 fully saturated rings. The van der Waals surface area contributed by atoms with Gasteiger partial charge in [0.05, 0.1) is 24.8 Å². The summed E-state index contributed by atoms with van der Waals surface area (Å²) in [6.07, 6.45) is 0.973. The van der Waals surface area contributed by atoms with Crippen LogP contribution in [-0.2, 0) is 16.0 Å². The maximum absolute atomic E-state index is 12.4. The van der Waals surface area contributed by atoms with Crippen LogP contribution in [0.3, 0.4) is 0 Å². The van der Waals surface area contributed by atoms with Gasteiger partial charge in [0, 0.05) is 16.2 Å². The fraction of sp³-hybridized carbons (Fsp3) is 0.542. The fourth-order valence-corrected chi connectivity index (χ4v) is 6.78. The van der Waals surface area contributed by atoms with E-state index in [-0.39, 0.29) is 37.4 Å². The number of hydrogen-bond donors (Lipinski definition) is 4. The van der Waals surface area contributed by atoms with Gasteiger partial charge in [0.25, 0.3) is 5.91 Å². The standard InChI is InChI=1S/C24H30N2O6S/c1-23-9-8-18(28)24(2,13-27)17(23)11-16-21(15(23)10-20(30)31)26-22(33-16)25-19(29)12-32-14-6-4-3-5-7-14/h3-7,15,17-18,27-28H,8-13H2,1-2H3,(H,30,31)(H,25,26,29). The number of carboxylic acids is 1. The number of rotatable bonds is 7. The van der Waals surface area contributed by atoms with Crippen molar-refractivity contribution in [2.24, 2.45) is 16.7 Å². The van der Waals surface area contributed by atoms with Crippen molar-refractivity contribution in [1.29, 1.82) is 0 Å². The summed E-state index contributed by atoms with van der Waals surface area (Å²) in [6, 6.07) is 9.03. The van der Waals surface area contributed by atoms with Crippen LogP contribution in [-0.4, -0.2) is 51.5 Å². The molecule has 5 atom stereocenters. The Morgan fingerprint density at radius 1 is 1.27 bits per heavy atom. The molecule has 2 aromatic rings. The minimum absolute atomic E-state index is 0.0914. The van der Waals surface area contributed by atoms with Crippen molar-refractivity contribution in [3.05, 3.63) is 40.9 Å². The van der Waals surface area contributed by atoms with Crippen LogP contribution in [0.2, 0.25) is 0 Å². The Balaban J connectivity index is 1.59. The lowest BCUT2D eigenvalue weighted by atomic mass is 9.47. The van der Waals surface area contributed by atoms with Crippen LogP contribution in [0.25, 0.3) is 0 Å². The predicted octanol–water partition coefficient (Wildman–Crippen LogP) is 3.05. The summed E-state index contributed by atoms with van der Waals surface area (Å²) < 4.78 is 5.49. The molecule has 2 aliphatic rings. The quantitative estimate of drug-likeness (QED) is 0.485. The number of aliphatic hydroxyl groups is 2. The van der Waals surface area contributed by atoms with Crippen molar-refractivity contribution in [2.75, 3.05) is 18.5 Å². The lowest BCUT2D eigenvalue weighted by Gasteiger charge is -2.58. The van der Waals surface area contributed by atoms with E-state index in [0.717, 1.165) is 4.88 Å². The maximum Gasteiger partial charge on any atom is 0.304 e. The van der Waals surface area contributed by atoms with E-state index in [1.165, 1.54) is 11.3 Å². The van der Waals surface area contributed by atoms with Gasteiger partial charge in [0.2, 0.25) is 0 Å². The first kappa shape index (κ1) is 23.7. The first-order valence-electron chi connectivity index (χ1n) is 11.2. The molecule has 0 saturated heterocycles. The molecular formula is C24H30N2O6S. The SMILES string of the molecule is CC1(CO)C(O)CCC2(C)C(CC(=O)O)c3nc(NC(=O)COc4ccccc4)sc3CC12. The van der Waals surface area contributed by atoms with Gasteiger partial charge in [-0.05, 0) is 42.7 Å². The number of nitrogens with zero attached hydrogens (tertiary/aromatic N) is 1. The highest BCUT2D eigenvalue weighted by Gasteiger charge is 2.59. The number of carbonyl (C=O) groups is 2. The second-order valence-corrected chi connectivity index (χ2v) is 10.7. The number of nitrogens with one attached hydrogen (secondary N) is 1. The number of benzene rings is 1. The average Bonchev–Trinajstić information content (AvgIpc) is 3.19. The highest BCUT2D eigenvalue weighted by atomic mass is 32.1. The van der Waals surface area contributed by atoms with Gasteiger partial charge in [-0.3, -0.25) is 14.9 Å². The molecule has 178 valence electrons.